The lowest BCUT2D eigenvalue weighted by Gasteiger charge is -2.28. The quantitative estimate of drug-likeness (QED) is 0.371. The summed E-state index contributed by atoms with van der Waals surface area (Å²) in [6, 6.07) is 22.3. The van der Waals surface area contributed by atoms with E-state index in [1.54, 1.807) is 25.4 Å². The Morgan fingerprint density at radius 1 is 1.00 bits per heavy atom. The van der Waals surface area contributed by atoms with Crippen molar-refractivity contribution < 1.29 is 9.13 Å². The van der Waals surface area contributed by atoms with Crippen LogP contribution in [-0.2, 0) is 0 Å². The van der Waals surface area contributed by atoms with Gasteiger partial charge in [-0.2, -0.15) is 0 Å². The molecule has 4 aromatic rings. The number of hydrogen-bond acceptors (Lipinski definition) is 3. The molecule has 5 nitrogen and oxygen atoms in total. The molecule has 5 rings (SSSR count). The lowest BCUT2D eigenvalue weighted by Crippen LogP contribution is -2.29. The number of nitrogens with zero attached hydrogens (tertiary/aromatic N) is 3. The molecular formula is C27H25FN4OS. The van der Waals surface area contributed by atoms with E-state index in [1.807, 2.05) is 66.9 Å². The molecule has 0 bridgehead atoms. The molecule has 172 valence electrons. The van der Waals surface area contributed by atoms with Crippen LogP contribution in [0.2, 0.25) is 0 Å². The van der Waals surface area contributed by atoms with E-state index in [9.17, 15) is 4.39 Å². The zero-order valence-electron chi connectivity index (χ0n) is 19.2. The van der Waals surface area contributed by atoms with Crippen LogP contribution in [0.5, 0.6) is 5.75 Å². The summed E-state index contributed by atoms with van der Waals surface area (Å²) < 4.78 is 22.1. The van der Waals surface area contributed by atoms with E-state index in [-0.39, 0.29) is 17.9 Å². The standard InChI is InChI=1S/C27H25FN4OS/c1-17-16-21(18(2)31(17)24-10-5-4-8-22(24)28)26-25(23-9-6-7-15-29-23)30-27(34)32(26)19-11-13-20(33-3)14-12-19/h4-16,25-26H,1-3H3,(H,30,34)/t25-,26-/m0/s1. The molecule has 1 saturated heterocycles. The monoisotopic (exact) mass is 472 g/mol. The van der Waals surface area contributed by atoms with Gasteiger partial charge in [0.2, 0.25) is 0 Å². The molecule has 0 amide bonds. The second kappa shape index (κ2) is 8.91. The second-order valence-electron chi connectivity index (χ2n) is 8.31. The van der Waals surface area contributed by atoms with Gasteiger partial charge in [0, 0.05) is 23.3 Å². The predicted octanol–water partition coefficient (Wildman–Crippen LogP) is 5.81. The molecule has 2 aromatic carbocycles. The Labute approximate surface area is 203 Å². The van der Waals surface area contributed by atoms with Crippen molar-refractivity contribution in [3.63, 3.8) is 0 Å². The average molecular weight is 473 g/mol. The van der Waals surface area contributed by atoms with Crippen molar-refractivity contribution >= 4 is 23.0 Å². The predicted molar refractivity (Wildman–Crippen MR) is 136 cm³/mol. The van der Waals surface area contributed by atoms with Gasteiger partial charge in [-0.3, -0.25) is 4.98 Å². The molecule has 2 atom stereocenters. The fourth-order valence-electron chi connectivity index (χ4n) is 4.78. The first-order valence-electron chi connectivity index (χ1n) is 11.1. The average Bonchev–Trinajstić information content (AvgIpc) is 3.35. The third-order valence-corrected chi connectivity index (χ3v) is 6.65. The minimum Gasteiger partial charge on any atom is -0.497 e. The summed E-state index contributed by atoms with van der Waals surface area (Å²) in [6.45, 7) is 4.02. The first kappa shape index (κ1) is 22.1. The zero-order chi connectivity index (χ0) is 23.8. The number of aromatic nitrogens is 2. The van der Waals surface area contributed by atoms with Gasteiger partial charge < -0.3 is 19.5 Å². The Bertz CT molecular complexity index is 1340. The highest BCUT2D eigenvalue weighted by Crippen LogP contribution is 2.44. The highest BCUT2D eigenvalue weighted by Gasteiger charge is 2.42. The van der Waals surface area contributed by atoms with Crippen LogP contribution in [0.25, 0.3) is 5.69 Å². The number of thiocarbonyl (C=S) groups is 1. The Hall–Kier alpha value is -3.71. The number of para-hydroxylation sites is 1. The first-order valence-corrected chi connectivity index (χ1v) is 11.5. The fraction of sp³-hybridized carbons (Fsp3) is 0.185. The van der Waals surface area contributed by atoms with Crippen LogP contribution in [-0.4, -0.2) is 21.8 Å². The van der Waals surface area contributed by atoms with E-state index in [1.165, 1.54) is 6.07 Å². The Balaban J connectivity index is 1.68. The molecular weight excluding hydrogens is 447 g/mol. The van der Waals surface area contributed by atoms with Crippen LogP contribution < -0.4 is 15.0 Å². The molecule has 0 saturated carbocycles. The van der Waals surface area contributed by atoms with Crippen molar-refractivity contribution in [2.75, 3.05) is 12.0 Å². The van der Waals surface area contributed by atoms with Gasteiger partial charge >= 0.3 is 0 Å². The maximum Gasteiger partial charge on any atom is 0.174 e. The van der Waals surface area contributed by atoms with Crippen LogP contribution in [0.15, 0.2) is 79.0 Å². The van der Waals surface area contributed by atoms with Crippen molar-refractivity contribution in [1.29, 1.82) is 0 Å². The lowest BCUT2D eigenvalue weighted by molar-refractivity contribution is 0.415. The van der Waals surface area contributed by atoms with E-state index < -0.39 is 0 Å². The van der Waals surface area contributed by atoms with E-state index >= 15 is 0 Å². The van der Waals surface area contributed by atoms with Crippen molar-refractivity contribution in [2.24, 2.45) is 0 Å². The molecule has 0 spiro atoms. The molecule has 1 fully saturated rings. The van der Waals surface area contributed by atoms with Crippen LogP contribution in [0, 0.1) is 19.7 Å². The zero-order valence-corrected chi connectivity index (χ0v) is 20.0. The summed E-state index contributed by atoms with van der Waals surface area (Å²) in [5.74, 6) is 0.515. The number of benzene rings is 2. The van der Waals surface area contributed by atoms with E-state index in [0.717, 1.165) is 34.1 Å². The molecule has 0 aliphatic carbocycles. The largest absolute Gasteiger partial charge is 0.497 e. The van der Waals surface area contributed by atoms with Crippen molar-refractivity contribution in [1.82, 2.24) is 14.9 Å². The first-order chi connectivity index (χ1) is 16.5. The molecule has 3 heterocycles. The Kier molecular flexibility index (Phi) is 5.79. The Morgan fingerprint density at radius 3 is 2.41 bits per heavy atom. The fourth-order valence-corrected chi connectivity index (χ4v) is 5.13. The molecule has 1 N–H and O–H groups in total. The third-order valence-electron chi connectivity index (χ3n) is 6.33. The van der Waals surface area contributed by atoms with Gasteiger partial charge in [0.15, 0.2) is 5.11 Å². The summed E-state index contributed by atoms with van der Waals surface area (Å²) >= 11 is 5.82. The summed E-state index contributed by atoms with van der Waals surface area (Å²) in [5.41, 5.74) is 5.32. The number of aryl methyl sites for hydroxylation is 1. The van der Waals surface area contributed by atoms with E-state index in [0.29, 0.717) is 10.8 Å². The number of hydrogen-bond donors (Lipinski definition) is 1. The lowest BCUT2D eigenvalue weighted by atomic mass is 9.96. The van der Waals surface area contributed by atoms with Gasteiger partial charge in [-0.05, 0) is 86.2 Å². The van der Waals surface area contributed by atoms with Gasteiger partial charge in [-0.25, -0.2) is 4.39 Å². The van der Waals surface area contributed by atoms with Crippen LogP contribution in [0.3, 0.4) is 0 Å². The number of ether oxygens (including phenoxy) is 1. The van der Waals surface area contributed by atoms with Crippen LogP contribution in [0.4, 0.5) is 10.1 Å². The SMILES string of the molecule is COc1ccc(N2C(=S)N[C@@H](c3ccccn3)[C@@H]2c2cc(C)n(-c3ccccc3F)c2C)cc1. The molecule has 1 aliphatic rings. The van der Waals surface area contributed by atoms with Crippen LogP contribution >= 0.6 is 12.2 Å². The smallest absolute Gasteiger partial charge is 0.174 e. The van der Waals surface area contributed by atoms with Crippen molar-refractivity contribution in [3.8, 4) is 11.4 Å². The summed E-state index contributed by atoms with van der Waals surface area (Å²) in [7, 11) is 1.65. The van der Waals surface area contributed by atoms with Gasteiger partial charge in [0.1, 0.15) is 11.6 Å². The maximum absolute atomic E-state index is 14.8. The number of anilines is 1. The third kappa shape index (κ3) is 3.72. The molecule has 7 heteroatoms. The highest BCUT2D eigenvalue weighted by atomic mass is 32.1. The van der Waals surface area contributed by atoms with Gasteiger partial charge in [0.05, 0.1) is 30.6 Å². The second-order valence-corrected chi connectivity index (χ2v) is 8.69. The van der Waals surface area contributed by atoms with Crippen LogP contribution in [0.1, 0.15) is 34.7 Å². The number of halogens is 1. The number of methoxy groups -OCH3 is 1. The number of pyridine rings is 1. The number of nitrogens with one attached hydrogen (secondary N) is 1. The molecule has 0 unspecified atom stereocenters. The summed E-state index contributed by atoms with van der Waals surface area (Å²) in [6.07, 6.45) is 1.79. The van der Waals surface area contributed by atoms with E-state index in [2.05, 4.69) is 21.3 Å². The Morgan fingerprint density at radius 2 is 1.74 bits per heavy atom. The van der Waals surface area contributed by atoms with Gasteiger partial charge in [-0.15, -0.1) is 0 Å². The molecule has 1 aliphatic heterocycles. The normalized spacial score (nSPS) is 17.6. The maximum atomic E-state index is 14.8. The minimum absolute atomic E-state index is 0.176. The van der Waals surface area contributed by atoms with E-state index in [4.69, 9.17) is 17.0 Å². The van der Waals surface area contributed by atoms with Crippen molar-refractivity contribution in [2.45, 2.75) is 25.9 Å². The van der Waals surface area contributed by atoms with Gasteiger partial charge in [0.25, 0.3) is 0 Å². The topological polar surface area (TPSA) is 42.3 Å². The summed E-state index contributed by atoms with van der Waals surface area (Å²) in [4.78, 5) is 6.73. The molecule has 34 heavy (non-hydrogen) atoms. The number of rotatable bonds is 5. The molecule has 0 radical (unpaired) electrons. The minimum atomic E-state index is -0.260. The highest BCUT2D eigenvalue weighted by molar-refractivity contribution is 7.80. The molecule has 2 aromatic heterocycles. The van der Waals surface area contributed by atoms with Gasteiger partial charge in [-0.1, -0.05) is 18.2 Å². The summed E-state index contributed by atoms with van der Waals surface area (Å²) in [5, 5.41) is 4.10. The van der Waals surface area contributed by atoms with Crippen molar-refractivity contribution in [3.05, 3.63) is 107 Å².